The molecule has 1 heterocycles. The number of nitro groups is 1. The number of benzene rings is 2. The number of hydrogen-bond acceptors (Lipinski definition) is 5. The number of amides is 1. The van der Waals surface area contributed by atoms with Crippen LogP contribution in [0.4, 0.5) is 10.5 Å². The molecule has 1 atom stereocenters. The molecule has 0 radical (unpaired) electrons. The second-order valence-corrected chi connectivity index (χ2v) is 7.97. The van der Waals surface area contributed by atoms with Gasteiger partial charge in [-0.2, -0.15) is 0 Å². The van der Waals surface area contributed by atoms with Crippen molar-refractivity contribution in [1.29, 1.82) is 0 Å². The summed E-state index contributed by atoms with van der Waals surface area (Å²) >= 11 is 0. The Morgan fingerprint density at radius 2 is 1.97 bits per heavy atom. The molecule has 1 amide bonds. The van der Waals surface area contributed by atoms with Crippen LogP contribution in [0.1, 0.15) is 26.3 Å². The monoisotopic (exact) mass is 411 g/mol. The van der Waals surface area contributed by atoms with Crippen molar-refractivity contribution < 1.29 is 19.2 Å². The number of non-ortho nitro benzene ring substituents is 1. The molecule has 0 aliphatic heterocycles. The van der Waals surface area contributed by atoms with E-state index in [2.05, 4.69) is 10.3 Å². The van der Waals surface area contributed by atoms with Gasteiger partial charge in [-0.15, -0.1) is 0 Å². The average molecular weight is 411 g/mol. The number of H-pyrrole nitrogens is 1. The van der Waals surface area contributed by atoms with Gasteiger partial charge in [-0.3, -0.25) is 10.1 Å². The first-order chi connectivity index (χ1) is 14.2. The molecule has 0 aliphatic rings. The molecular weight excluding hydrogens is 386 g/mol. The third-order valence-corrected chi connectivity index (χ3v) is 4.34. The van der Waals surface area contributed by atoms with Gasteiger partial charge in [0.1, 0.15) is 18.0 Å². The fourth-order valence-corrected chi connectivity index (χ4v) is 3.08. The van der Waals surface area contributed by atoms with Crippen LogP contribution in [0.25, 0.3) is 10.9 Å². The third-order valence-electron chi connectivity index (χ3n) is 4.34. The maximum Gasteiger partial charge on any atom is 0.408 e. The molecule has 0 fully saturated rings. The second-order valence-electron chi connectivity index (χ2n) is 7.97. The predicted octanol–water partition coefficient (Wildman–Crippen LogP) is 4.59. The Balaban J connectivity index is 1.75. The van der Waals surface area contributed by atoms with Gasteiger partial charge in [0.2, 0.25) is 0 Å². The van der Waals surface area contributed by atoms with E-state index in [0.29, 0.717) is 12.2 Å². The van der Waals surface area contributed by atoms with Gasteiger partial charge in [-0.1, -0.05) is 24.3 Å². The molecule has 0 unspecified atom stereocenters. The average Bonchev–Trinajstić information content (AvgIpc) is 3.08. The third kappa shape index (κ3) is 5.73. The summed E-state index contributed by atoms with van der Waals surface area (Å²) in [6, 6.07) is 13.4. The van der Waals surface area contributed by atoms with E-state index >= 15 is 0 Å². The number of aromatic amines is 1. The molecule has 158 valence electrons. The molecule has 0 bridgehead atoms. The summed E-state index contributed by atoms with van der Waals surface area (Å²) in [5.74, 6) is 0.360. The minimum Gasteiger partial charge on any atom is -0.491 e. The summed E-state index contributed by atoms with van der Waals surface area (Å²) in [5, 5.41) is 14.9. The minimum absolute atomic E-state index is 0.0548. The van der Waals surface area contributed by atoms with E-state index in [4.69, 9.17) is 9.47 Å². The van der Waals surface area contributed by atoms with Gasteiger partial charge in [-0.25, -0.2) is 4.79 Å². The Bertz CT molecular complexity index is 1040. The second kappa shape index (κ2) is 8.86. The molecule has 1 aromatic heterocycles. The number of aromatic nitrogens is 1. The van der Waals surface area contributed by atoms with Gasteiger partial charge in [0.15, 0.2) is 0 Å². The molecule has 3 rings (SSSR count). The fourth-order valence-electron chi connectivity index (χ4n) is 3.08. The van der Waals surface area contributed by atoms with Gasteiger partial charge in [0.05, 0.1) is 17.0 Å². The van der Waals surface area contributed by atoms with Gasteiger partial charge in [0.25, 0.3) is 5.69 Å². The number of ether oxygens (including phenoxy) is 2. The van der Waals surface area contributed by atoms with Crippen LogP contribution in [0.15, 0.2) is 54.7 Å². The van der Waals surface area contributed by atoms with Gasteiger partial charge in [0, 0.05) is 23.2 Å². The molecule has 0 aliphatic carbocycles. The Hall–Kier alpha value is -3.55. The van der Waals surface area contributed by atoms with Crippen molar-refractivity contribution in [2.24, 2.45) is 0 Å². The maximum absolute atomic E-state index is 12.3. The van der Waals surface area contributed by atoms with Crippen LogP contribution in [-0.2, 0) is 11.2 Å². The van der Waals surface area contributed by atoms with E-state index in [1.54, 1.807) is 32.9 Å². The summed E-state index contributed by atoms with van der Waals surface area (Å²) in [5.41, 5.74) is 1.34. The summed E-state index contributed by atoms with van der Waals surface area (Å²) in [7, 11) is 0. The number of carbonyl (C=O) groups excluding carboxylic acids is 1. The number of para-hydroxylation sites is 1. The highest BCUT2D eigenvalue weighted by atomic mass is 16.6. The lowest BCUT2D eigenvalue weighted by molar-refractivity contribution is -0.384. The summed E-state index contributed by atoms with van der Waals surface area (Å²) in [4.78, 5) is 26.1. The first-order valence-corrected chi connectivity index (χ1v) is 9.63. The molecule has 0 saturated carbocycles. The van der Waals surface area contributed by atoms with Crippen molar-refractivity contribution >= 4 is 22.7 Å². The van der Waals surface area contributed by atoms with Crippen LogP contribution in [0.2, 0.25) is 0 Å². The quantitative estimate of drug-likeness (QED) is 0.437. The Morgan fingerprint density at radius 3 is 2.70 bits per heavy atom. The van der Waals surface area contributed by atoms with Gasteiger partial charge >= 0.3 is 6.09 Å². The highest BCUT2D eigenvalue weighted by Gasteiger charge is 2.21. The van der Waals surface area contributed by atoms with Crippen LogP contribution < -0.4 is 10.1 Å². The van der Waals surface area contributed by atoms with Crippen molar-refractivity contribution in [3.05, 3.63) is 70.4 Å². The lowest BCUT2D eigenvalue weighted by Crippen LogP contribution is -2.43. The van der Waals surface area contributed by atoms with E-state index in [-0.39, 0.29) is 12.3 Å². The van der Waals surface area contributed by atoms with E-state index in [0.717, 1.165) is 16.5 Å². The first-order valence-electron chi connectivity index (χ1n) is 9.63. The minimum atomic E-state index is -0.629. The van der Waals surface area contributed by atoms with Crippen molar-refractivity contribution in [1.82, 2.24) is 10.3 Å². The lowest BCUT2D eigenvalue weighted by atomic mass is 10.1. The van der Waals surface area contributed by atoms with Crippen molar-refractivity contribution in [3.8, 4) is 5.75 Å². The normalized spacial score (nSPS) is 12.4. The zero-order valence-corrected chi connectivity index (χ0v) is 17.2. The van der Waals surface area contributed by atoms with Crippen LogP contribution in [-0.4, -0.2) is 34.3 Å². The van der Waals surface area contributed by atoms with Gasteiger partial charge < -0.3 is 19.8 Å². The summed E-state index contributed by atoms with van der Waals surface area (Å²) in [6.45, 7) is 5.50. The lowest BCUT2D eigenvalue weighted by Gasteiger charge is -2.24. The Labute approximate surface area is 174 Å². The van der Waals surface area contributed by atoms with Crippen LogP contribution in [0.3, 0.4) is 0 Å². The molecule has 8 heteroatoms. The zero-order chi connectivity index (χ0) is 21.7. The number of rotatable bonds is 7. The number of hydrogen-bond donors (Lipinski definition) is 2. The fraction of sp³-hybridized carbons (Fsp3) is 0.318. The number of nitro benzene ring substituents is 1. The van der Waals surface area contributed by atoms with Crippen molar-refractivity contribution in [2.75, 3.05) is 6.61 Å². The molecular formula is C22H25N3O5. The number of nitrogens with zero attached hydrogens (tertiary/aromatic N) is 1. The number of alkyl carbamates (subject to hydrolysis) is 1. The SMILES string of the molecule is CC(C)(C)OC(=O)N[C@H](COc1cccc([N+](=O)[O-])c1)Cc1c[nH]c2ccccc12. The highest BCUT2D eigenvalue weighted by Crippen LogP contribution is 2.22. The van der Waals surface area contributed by atoms with E-state index in [9.17, 15) is 14.9 Å². The van der Waals surface area contributed by atoms with Crippen molar-refractivity contribution in [2.45, 2.75) is 38.8 Å². The van der Waals surface area contributed by atoms with Gasteiger partial charge in [-0.05, 0) is 44.9 Å². The van der Waals surface area contributed by atoms with E-state index < -0.39 is 22.7 Å². The van der Waals surface area contributed by atoms with E-state index in [1.165, 1.54) is 12.1 Å². The number of carbonyl (C=O) groups is 1. The Morgan fingerprint density at radius 1 is 1.20 bits per heavy atom. The molecule has 0 spiro atoms. The molecule has 2 aromatic carbocycles. The van der Waals surface area contributed by atoms with Crippen LogP contribution >= 0.6 is 0 Å². The first kappa shape index (κ1) is 21.2. The maximum atomic E-state index is 12.3. The molecule has 8 nitrogen and oxygen atoms in total. The summed E-state index contributed by atoms with van der Waals surface area (Å²) < 4.78 is 11.1. The summed E-state index contributed by atoms with van der Waals surface area (Å²) in [6.07, 6.45) is 1.86. The van der Waals surface area contributed by atoms with Crippen LogP contribution in [0, 0.1) is 10.1 Å². The molecule has 3 aromatic rings. The zero-order valence-electron chi connectivity index (χ0n) is 17.2. The largest absolute Gasteiger partial charge is 0.491 e. The Kier molecular flexibility index (Phi) is 6.25. The smallest absolute Gasteiger partial charge is 0.408 e. The molecule has 2 N–H and O–H groups in total. The van der Waals surface area contributed by atoms with E-state index in [1.807, 2.05) is 30.5 Å². The number of nitrogens with one attached hydrogen (secondary N) is 2. The predicted molar refractivity (Wildman–Crippen MR) is 114 cm³/mol. The topological polar surface area (TPSA) is 106 Å². The standard InChI is InChI=1S/C22H25N3O5/c1-22(2,3)30-21(26)24-16(11-15-13-23-20-10-5-4-9-19(15)20)14-29-18-8-6-7-17(12-18)25(27)28/h4-10,12-13,16,23H,11,14H2,1-3H3,(H,24,26)/t16-/m0/s1. The highest BCUT2D eigenvalue weighted by molar-refractivity contribution is 5.83. The molecule has 0 saturated heterocycles. The van der Waals surface area contributed by atoms with Crippen molar-refractivity contribution in [3.63, 3.8) is 0 Å². The van der Waals surface area contributed by atoms with Crippen LogP contribution in [0.5, 0.6) is 5.75 Å². The molecule has 30 heavy (non-hydrogen) atoms. The number of fused-ring (bicyclic) bond motifs is 1.